The van der Waals surface area contributed by atoms with E-state index < -0.39 is 5.54 Å². The Balaban J connectivity index is 1.98. The number of amides is 1. The minimum Gasteiger partial charge on any atom is -0.369 e. The van der Waals surface area contributed by atoms with Crippen LogP contribution in [0.2, 0.25) is 5.02 Å². The monoisotopic (exact) mass is 250 g/mol. The van der Waals surface area contributed by atoms with E-state index in [9.17, 15) is 4.79 Å². The Kier molecular flexibility index (Phi) is 2.51. The number of fused-ring (bicyclic) bond motifs is 1. The third-order valence-corrected chi connectivity index (χ3v) is 3.98. The highest BCUT2D eigenvalue weighted by Gasteiger charge is 2.42. The van der Waals surface area contributed by atoms with E-state index in [-0.39, 0.29) is 5.91 Å². The maximum Gasteiger partial charge on any atom is 0.250 e. The second-order valence-corrected chi connectivity index (χ2v) is 5.35. The molecule has 0 bridgehead atoms. The number of nitrogens with one attached hydrogen (secondary N) is 2. The summed E-state index contributed by atoms with van der Waals surface area (Å²) in [5.41, 5.74) is 1.37. The van der Waals surface area contributed by atoms with Crippen LogP contribution in [-0.4, -0.2) is 11.4 Å². The maximum absolute atomic E-state index is 12.2. The highest BCUT2D eigenvalue weighted by molar-refractivity contribution is 6.31. The number of rotatable bonds is 0. The summed E-state index contributed by atoms with van der Waals surface area (Å²) in [6.45, 7) is 0. The molecule has 3 nitrogen and oxygen atoms in total. The fraction of sp³-hybridized carbons (Fsp3) is 0.462. The van der Waals surface area contributed by atoms with Gasteiger partial charge in [-0.05, 0) is 31.0 Å². The molecule has 1 aliphatic carbocycles. The van der Waals surface area contributed by atoms with Crippen molar-refractivity contribution >= 4 is 28.9 Å². The molecule has 1 aliphatic heterocycles. The van der Waals surface area contributed by atoms with Gasteiger partial charge in [0.1, 0.15) is 5.54 Å². The number of carbonyl (C=O) groups excluding carboxylic acids is 1. The van der Waals surface area contributed by atoms with Crippen molar-refractivity contribution in [2.24, 2.45) is 0 Å². The van der Waals surface area contributed by atoms with Crippen molar-refractivity contribution in [2.45, 2.75) is 37.6 Å². The Morgan fingerprint density at radius 1 is 1.12 bits per heavy atom. The van der Waals surface area contributed by atoms with E-state index >= 15 is 0 Å². The van der Waals surface area contributed by atoms with Crippen molar-refractivity contribution in [3.63, 3.8) is 0 Å². The summed E-state index contributed by atoms with van der Waals surface area (Å²) in [4.78, 5) is 12.2. The number of halogens is 1. The first-order chi connectivity index (χ1) is 8.20. The van der Waals surface area contributed by atoms with Gasteiger partial charge in [-0.2, -0.15) is 0 Å². The lowest BCUT2D eigenvalue weighted by Crippen LogP contribution is -2.53. The average molecular weight is 251 g/mol. The van der Waals surface area contributed by atoms with Crippen LogP contribution in [0.3, 0.4) is 0 Å². The third kappa shape index (κ3) is 1.78. The summed E-state index contributed by atoms with van der Waals surface area (Å²) in [6, 6.07) is 5.52. The van der Waals surface area contributed by atoms with E-state index in [1.165, 1.54) is 6.42 Å². The van der Waals surface area contributed by atoms with Gasteiger partial charge >= 0.3 is 0 Å². The molecule has 1 aromatic rings. The van der Waals surface area contributed by atoms with Gasteiger partial charge in [-0.3, -0.25) is 4.79 Å². The van der Waals surface area contributed by atoms with Gasteiger partial charge in [0.25, 0.3) is 0 Å². The van der Waals surface area contributed by atoms with Gasteiger partial charge in [0.2, 0.25) is 5.91 Å². The zero-order valence-electron chi connectivity index (χ0n) is 9.55. The van der Waals surface area contributed by atoms with Crippen molar-refractivity contribution in [3.8, 4) is 0 Å². The SMILES string of the molecule is O=C1Nc2ccc(Cl)cc2NC12CCCCC2. The molecule has 0 saturated heterocycles. The summed E-state index contributed by atoms with van der Waals surface area (Å²) in [7, 11) is 0. The van der Waals surface area contributed by atoms with Crippen LogP contribution in [0.25, 0.3) is 0 Å². The number of hydrogen-bond acceptors (Lipinski definition) is 2. The number of hydrogen-bond donors (Lipinski definition) is 2. The largest absolute Gasteiger partial charge is 0.369 e. The van der Waals surface area contributed by atoms with E-state index in [1.54, 1.807) is 6.07 Å². The molecular weight excluding hydrogens is 236 g/mol. The molecule has 90 valence electrons. The van der Waals surface area contributed by atoms with Crippen LogP contribution in [0.15, 0.2) is 18.2 Å². The third-order valence-electron chi connectivity index (χ3n) is 3.75. The van der Waals surface area contributed by atoms with Crippen LogP contribution in [-0.2, 0) is 4.79 Å². The standard InChI is InChI=1S/C13H15ClN2O/c14-9-4-5-10-11(8-9)16-13(12(17)15-10)6-2-1-3-7-13/h4-5,8,16H,1-3,6-7H2,(H,15,17). The molecule has 0 atom stereocenters. The highest BCUT2D eigenvalue weighted by Crippen LogP contribution is 2.39. The average Bonchev–Trinajstić information content (AvgIpc) is 2.32. The van der Waals surface area contributed by atoms with Gasteiger partial charge in [-0.15, -0.1) is 0 Å². The van der Waals surface area contributed by atoms with Crippen molar-refractivity contribution in [1.82, 2.24) is 0 Å². The number of anilines is 2. The van der Waals surface area contributed by atoms with Gasteiger partial charge in [-0.1, -0.05) is 30.9 Å². The van der Waals surface area contributed by atoms with Crippen molar-refractivity contribution in [2.75, 3.05) is 10.6 Å². The summed E-state index contributed by atoms with van der Waals surface area (Å²) in [5.74, 6) is 0.104. The lowest BCUT2D eigenvalue weighted by Gasteiger charge is -2.41. The molecule has 1 amide bonds. The maximum atomic E-state index is 12.2. The Labute approximate surface area is 106 Å². The molecule has 4 heteroatoms. The first-order valence-electron chi connectivity index (χ1n) is 6.09. The predicted octanol–water partition coefficient (Wildman–Crippen LogP) is 3.41. The molecule has 17 heavy (non-hydrogen) atoms. The van der Waals surface area contributed by atoms with E-state index in [0.29, 0.717) is 5.02 Å². The van der Waals surface area contributed by atoms with Gasteiger partial charge in [0, 0.05) is 5.02 Å². The summed E-state index contributed by atoms with van der Waals surface area (Å²) >= 11 is 5.99. The summed E-state index contributed by atoms with van der Waals surface area (Å²) < 4.78 is 0. The highest BCUT2D eigenvalue weighted by atomic mass is 35.5. The van der Waals surface area contributed by atoms with Crippen LogP contribution in [0.4, 0.5) is 11.4 Å². The van der Waals surface area contributed by atoms with E-state index in [2.05, 4.69) is 10.6 Å². The van der Waals surface area contributed by atoms with Crippen LogP contribution in [0, 0.1) is 0 Å². The normalized spacial score (nSPS) is 21.6. The van der Waals surface area contributed by atoms with Gasteiger partial charge in [-0.25, -0.2) is 0 Å². The fourth-order valence-electron chi connectivity index (χ4n) is 2.79. The molecule has 0 aromatic heterocycles. The minimum absolute atomic E-state index is 0.104. The van der Waals surface area contributed by atoms with Gasteiger partial charge in [0.15, 0.2) is 0 Å². The first-order valence-corrected chi connectivity index (χ1v) is 6.47. The zero-order valence-corrected chi connectivity index (χ0v) is 10.3. The minimum atomic E-state index is -0.407. The molecule has 0 radical (unpaired) electrons. The van der Waals surface area contributed by atoms with Crippen molar-refractivity contribution in [1.29, 1.82) is 0 Å². The predicted molar refractivity (Wildman–Crippen MR) is 69.5 cm³/mol. The molecule has 1 aromatic carbocycles. The van der Waals surface area contributed by atoms with Gasteiger partial charge in [0.05, 0.1) is 11.4 Å². The summed E-state index contributed by atoms with van der Waals surface area (Å²) in [6.07, 6.45) is 5.25. The molecular formula is C13H15ClN2O. The van der Waals surface area contributed by atoms with E-state index in [4.69, 9.17) is 11.6 Å². The Morgan fingerprint density at radius 2 is 1.88 bits per heavy atom. The lowest BCUT2D eigenvalue weighted by atomic mass is 9.79. The Hall–Kier alpha value is -1.22. The zero-order chi connectivity index (χ0) is 11.9. The first kappa shape index (κ1) is 10.9. The molecule has 1 spiro atoms. The molecule has 1 fully saturated rings. The molecule has 0 unspecified atom stereocenters. The molecule has 3 rings (SSSR count). The topological polar surface area (TPSA) is 41.1 Å². The van der Waals surface area contributed by atoms with E-state index in [1.807, 2.05) is 12.1 Å². The lowest BCUT2D eigenvalue weighted by molar-refractivity contribution is -0.121. The smallest absolute Gasteiger partial charge is 0.250 e. The summed E-state index contributed by atoms with van der Waals surface area (Å²) in [5, 5.41) is 7.09. The van der Waals surface area contributed by atoms with Crippen molar-refractivity contribution < 1.29 is 4.79 Å². The Bertz CT molecular complexity index is 466. The second-order valence-electron chi connectivity index (χ2n) is 4.91. The van der Waals surface area contributed by atoms with Crippen LogP contribution in [0.1, 0.15) is 32.1 Å². The molecule has 1 heterocycles. The second kappa shape index (κ2) is 3.91. The quantitative estimate of drug-likeness (QED) is 0.741. The number of benzene rings is 1. The number of carbonyl (C=O) groups is 1. The molecule has 2 aliphatic rings. The van der Waals surface area contributed by atoms with Crippen LogP contribution < -0.4 is 10.6 Å². The van der Waals surface area contributed by atoms with Gasteiger partial charge < -0.3 is 10.6 Å². The molecule has 2 N–H and O–H groups in total. The fourth-order valence-corrected chi connectivity index (χ4v) is 2.96. The van der Waals surface area contributed by atoms with Crippen LogP contribution >= 0.6 is 11.6 Å². The van der Waals surface area contributed by atoms with Crippen molar-refractivity contribution in [3.05, 3.63) is 23.2 Å². The van der Waals surface area contributed by atoms with Crippen LogP contribution in [0.5, 0.6) is 0 Å². The Morgan fingerprint density at radius 3 is 2.65 bits per heavy atom. The van der Waals surface area contributed by atoms with E-state index in [0.717, 1.165) is 37.1 Å². The molecule has 1 saturated carbocycles.